The van der Waals surface area contributed by atoms with Crippen molar-refractivity contribution >= 4 is 34.8 Å². The van der Waals surface area contributed by atoms with Crippen LogP contribution in [0.3, 0.4) is 0 Å². The summed E-state index contributed by atoms with van der Waals surface area (Å²) in [4.78, 5) is 48.8. The molecule has 0 radical (unpaired) electrons. The summed E-state index contributed by atoms with van der Waals surface area (Å²) in [6, 6.07) is 18.0. The molecule has 0 saturated carbocycles. The van der Waals surface area contributed by atoms with E-state index in [0.717, 1.165) is 0 Å². The number of ketones is 1. The highest BCUT2D eigenvalue weighted by atomic mass is 16.6. The first-order valence-corrected chi connectivity index (χ1v) is 9.73. The molecule has 9 heteroatoms. The fourth-order valence-corrected chi connectivity index (χ4v) is 3.71. The van der Waals surface area contributed by atoms with Gasteiger partial charge in [0.2, 0.25) is 0 Å². The van der Waals surface area contributed by atoms with Gasteiger partial charge in [-0.1, -0.05) is 30.3 Å². The highest BCUT2D eigenvalue weighted by molar-refractivity contribution is 6.51. The van der Waals surface area contributed by atoms with Gasteiger partial charge in [-0.05, 0) is 42.0 Å². The zero-order valence-corrected chi connectivity index (χ0v) is 16.9. The van der Waals surface area contributed by atoms with Crippen LogP contribution in [0.2, 0.25) is 0 Å². The topological polar surface area (TPSA) is 138 Å². The van der Waals surface area contributed by atoms with E-state index in [9.17, 15) is 29.6 Å². The number of aliphatic hydroxyl groups is 1. The molecule has 1 fully saturated rings. The van der Waals surface area contributed by atoms with Gasteiger partial charge < -0.3 is 10.2 Å². The number of Topliss-reactive ketones (excluding diaryl/α,β-unsaturated/α-hetero) is 1. The molecule has 1 unspecified atom stereocenters. The average Bonchev–Trinajstić information content (AvgIpc) is 3.09. The molecule has 1 saturated heterocycles. The number of nitrogens with zero attached hydrogens (tertiary/aromatic N) is 2. The monoisotopic (exact) mass is 444 g/mol. The van der Waals surface area contributed by atoms with Gasteiger partial charge in [0.05, 0.1) is 22.1 Å². The van der Waals surface area contributed by atoms with Crippen molar-refractivity contribution in [1.29, 1.82) is 0 Å². The predicted octanol–water partition coefficient (Wildman–Crippen LogP) is 3.92. The standard InChI is InChI=1S/C24H16N2O7/c27-21(15-6-12-18(13-7-15)26(32)33)19-20(14-4-2-1-3-5-14)25(23(29)22(19)28)17-10-8-16(9-11-17)24(30)31/h1-13,20,27H,(H,30,31). The fraction of sp³-hybridized carbons (Fsp3) is 0.0417. The molecule has 164 valence electrons. The molecule has 0 spiro atoms. The van der Waals surface area contributed by atoms with Crippen LogP contribution in [0.4, 0.5) is 11.4 Å². The average molecular weight is 444 g/mol. The number of non-ortho nitro benzene ring substituents is 1. The van der Waals surface area contributed by atoms with Gasteiger partial charge in [0.15, 0.2) is 0 Å². The summed E-state index contributed by atoms with van der Waals surface area (Å²) < 4.78 is 0. The van der Waals surface area contributed by atoms with Gasteiger partial charge in [-0.25, -0.2) is 4.79 Å². The van der Waals surface area contributed by atoms with Crippen molar-refractivity contribution in [3.05, 3.63) is 111 Å². The minimum Gasteiger partial charge on any atom is -0.507 e. The number of nitro groups is 1. The van der Waals surface area contributed by atoms with Crippen LogP contribution >= 0.6 is 0 Å². The van der Waals surface area contributed by atoms with Gasteiger partial charge in [0.25, 0.3) is 17.4 Å². The van der Waals surface area contributed by atoms with Crippen LogP contribution in [0.1, 0.15) is 27.5 Å². The van der Waals surface area contributed by atoms with E-state index in [1.165, 1.54) is 53.4 Å². The van der Waals surface area contributed by atoms with Crippen LogP contribution in [-0.4, -0.2) is 32.8 Å². The Labute approximate surface area is 187 Å². The number of carbonyl (C=O) groups is 3. The molecule has 0 aromatic heterocycles. The first kappa shape index (κ1) is 21.4. The summed E-state index contributed by atoms with van der Waals surface area (Å²) in [6.07, 6.45) is 0. The Morgan fingerprint density at radius 1 is 0.848 bits per heavy atom. The van der Waals surface area contributed by atoms with Gasteiger partial charge in [0, 0.05) is 23.4 Å². The number of nitro benzene ring substituents is 1. The third-order valence-corrected chi connectivity index (χ3v) is 5.30. The number of aliphatic hydroxyl groups excluding tert-OH is 1. The number of hydrogen-bond acceptors (Lipinski definition) is 6. The third kappa shape index (κ3) is 3.83. The molecular formula is C24H16N2O7. The predicted molar refractivity (Wildman–Crippen MR) is 118 cm³/mol. The lowest BCUT2D eigenvalue weighted by Crippen LogP contribution is -2.29. The summed E-state index contributed by atoms with van der Waals surface area (Å²) in [5.41, 5.74) is 0.604. The Hall–Kier alpha value is -4.79. The summed E-state index contributed by atoms with van der Waals surface area (Å²) in [5.74, 6) is -3.43. The van der Waals surface area contributed by atoms with E-state index in [0.29, 0.717) is 5.56 Å². The Bertz CT molecular complexity index is 1300. The molecule has 33 heavy (non-hydrogen) atoms. The maximum atomic E-state index is 13.0. The largest absolute Gasteiger partial charge is 0.507 e. The van der Waals surface area contributed by atoms with Crippen LogP contribution in [0.15, 0.2) is 84.4 Å². The molecule has 0 bridgehead atoms. The van der Waals surface area contributed by atoms with Crippen molar-refractivity contribution in [2.75, 3.05) is 4.90 Å². The van der Waals surface area contributed by atoms with Crippen LogP contribution in [-0.2, 0) is 9.59 Å². The molecule has 4 rings (SSSR count). The zero-order chi connectivity index (χ0) is 23.7. The van der Waals surface area contributed by atoms with Gasteiger partial charge >= 0.3 is 5.97 Å². The van der Waals surface area contributed by atoms with Crippen LogP contribution in [0.5, 0.6) is 0 Å². The van der Waals surface area contributed by atoms with Crippen LogP contribution in [0.25, 0.3) is 5.76 Å². The highest BCUT2D eigenvalue weighted by Gasteiger charge is 2.46. The molecule has 3 aromatic carbocycles. The van der Waals surface area contributed by atoms with E-state index in [-0.39, 0.29) is 28.1 Å². The Morgan fingerprint density at radius 2 is 1.42 bits per heavy atom. The minimum atomic E-state index is -1.14. The Kier molecular flexibility index (Phi) is 5.45. The first-order chi connectivity index (χ1) is 15.8. The lowest BCUT2D eigenvalue weighted by molar-refractivity contribution is -0.384. The van der Waals surface area contributed by atoms with Crippen molar-refractivity contribution < 1.29 is 29.5 Å². The summed E-state index contributed by atoms with van der Waals surface area (Å²) in [5, 5.41) is 31.1. The maximum absolute atomic E-state index is 13.0. The third-order valence-electron chi connectivity index (χ3n) is 5.30. The van der Waals surface area contributed by atoms with Gasteiger partial charge in [-0.15, -0.1) is 0 Å². The number of aromatic carboxylic acids is 1. The quantitative estimate of drug-likeness (QED) is 0.200. The molecule has 3 aromatic rings. The van der Waals surface area contributed by atoms with Crippen molar-refractivity contribution in [1.82, 2.24) is 0 Å². The molecule has 1 heterocycles. The molecule has 1 aliphatic rings. The lowest BCUT2D eigenvalue weighted by atomic mass is 9.95. The summed E-state index contributed by atoms with van der Waals surface area (Å²) in [6.45, 7) is 0. The minimum absolute atomic E-state index is 0.0116. The van der Waals surface area contributed by atoms with Crippen molar-refractivity contribution in [2.45, 2.75) is 6.04 Å². The molecule has 2 N–H and O–H groups in total. The van der Waals surface area contributed by atoms with E-state index >= 15 is 0 Å². The fourth-order valence-electron chi connectivity index (χ4n) is 3.71. The summed E-state index contributed by atoms with van der Waals surface area (Å²) >= 11 is 0. The normalized spacial score (nSPS) is 17.2. The van der Waals surface area contributed by atoms with E-state index in [1.807, 2.05) is 0 Å². The smallest absolute Gasteiger partial charge is 0.335 e. The van der Waals surface area contributed by atoms with Crippen molar-refractivity contribution in [2.24, 2.45) is 0 Å². The number of rotatable bonds is 5. The maximum Gasteiger partial charge on any atom is 0.335 e. The molecule has 1 amide bonds. The van der Waals surface area contributed by atoms with Crippen LogP contribution in [0, 0.1) is 10.1 Å². The van der Waals surface area contributed by atoms with Gasteiger partial charge in [-0.2, -0.15) is 0 Å². The molecule has 0 aliphatic carbocycles. The molecule has 1 atom stereocenters. The summed E-state index contributed by atoms with van der Waals surface area (Å²) in [7, 11) is 0. The van der Waals surface area contributed by atoms with Crippen molar-refractivity contribution in [3.8, 4) is 0 Å². The molecule has 9 nitrogen and oxygen atoms in total. The molecular weight excluding hydrogens is 428 g/mol. The van der Waals surface area contributed by atoms with Crippen LogP contribution < -0.4 is 4.90 Å². The van der Waals surface area contributed by atoms with E-state index < -0.39 is 34.4 Å². The highest BCUT2D eigenvalue weighted by Crippen LogP contribution is 2.42. The van der Waals surface area contributed by atoms with Gasteiger partial charge in [0.1, 0.15) is 5.76 Å². The number of carbonyl (C=O) groups excluding carboxylic acids is 2. The number of amides is 1. The zero-order valence-electron chi connectivity index (χ0n) is 16.9. The van der Waals surface area contributed by atoms with Gasteiger partial charge in [-0.3, -0.25) is 24.6 Å². The van der Waals surface area contributed by atoms with E-state index in [2.05, 4.69) is 0 Å². The SMILES string of the molecule is O=C1C(=O)N(c2ccc(C(=O)O)cc2)C(c2ccccc2)C1=C(O)c1ccc([N+](=O)[O-])cc1. The Balaban J connectivity index is 1.88. The van der Waals surface area contributed by atoms with Crippen molar-refractivity contribution in [3.63, 3.8) is 0 Å². The number of hydrogen-bond donors (Lipinski definition) is 2. The second-order valence-corrected chi connectivity index (χ2v) is 7.24. The second-order valence-electron chi connectivity index (χ2n) is 7.24. The second kappa shape index (κ2) is 8.39. The number of benzene rings is 3. The Morgan fingerprint density at radius 3 is 1.97 bits per heavy atom. The number of carboxylic acids is 1. The first-order valence-electron chi connectivity index (χ1n) is 9.73. The number of anilines is 1. The van der Waals surface area contributed by atoms with E-state index in [1.54, 1.807) is 30.3 Å². The number of carboxylic acid groups (broad SMARTS) is 1. The van der Waals surface area contributed by atoms with E-state index in [4.69, 9.17) is 5.11 Å². The lowest BCUT2D eigenvalue weighted by Gasteiger charge is -2.25. The molecule has 1 aliphatic heterocycles.